The lowest BCUT2D eigenvalue weighted by Gasteiger charge is -2.20. The van der Waals surface area contributed by atoms with Gasteiger partial charge in [-0.25, -0.2) is 0 Å². The average Bonchev–Trinajstić information content (AvgIpc) is 2.78. The number of H-pyrrole nitrogens is 1. The van der Waals surface area contributed by atoms with Gasteiger partial charge in [-0.05, 0) is 64.4 Å². The fourth-order valence-electron chi connectivity index (χ4n) is 4.65. The maximum Gasteiger partial charge on any atom is 0.255 e. The highest BCUT2D eigenvalue weighted by Gasteiger charge is 2.22. The van der Waals surface area contributed by atoms with E-state index in [1.807, 2.05) is 36.4 Å². The van der Waals surface area contributed by atoms with Crippen LogP contribution in [-0.2, 0) is 0 Å². The zero-order chi connectivity index (χ0) is 19.8. The number of aromatic nitrogens is 1. The molecule has 0 aliphatic heterocycles. The van der Waals surface area contributed by atoms with Gasteiger partial charge in [-0.15, -0.1) is 0 Å². The maximum absolute atomic E-state index is 12.9. The highest BCUT2D eigenvalue weighted by Crippen LogP contribution is 2.32. The molecule has 1 saturated carbocycles. The summed E-state index contributed by atoms with van der Waals surface area (Å²) in [5.41, 5.74) is 2.94. The van der Waals surface area contributed by atoms with Gasteiger partial charge in [0.2, 0.25) is 0 Å². The minimum atomic E-state index is -0.0714. The van der Waals surface area contributed by atoms with E-state index in [1.54, 1.807) is 6.20 Å². The van der Waals surface area contributed by atoms with Crippen molar-refractivity contribution >= 4 is 27.3 Å². The van der Waals surface area contributed by atoms with E-state index in [1.165, 1.54) is 19.3 Å². The van der Waals surface area contributed by atoms with Crippen molar-refractivity contribution in [2.24, 2.45) is 5.92 Å². The lowest BCUT2D eigenvalue weighted by Crippen LogP contribution is -2.17. The number of hydrogen-bond donors (Lipinski definition) is 1. The highest BCUT2D eigenvalue weighted by molar-refractivity contribution is 6.05. The number of pyridine rings is 1. The fourth-order valence-corrected chi connectivity index (χ4v) is 4.65. The Morgan fingerprint density at radius 1 is 0.828 bits per heavy atom. The monoisotopic (exact) mass is 381 g/mol. The predicted molar refractivity (Wildman–Crippen MR) is 118 cm³/mol. The van der Waals surface area contributed by atoms with Gasteiger partial charge < -0.3 is 4.98 Å². The Kier molecular flexibility index (Phi) is 4.51. The Morgan fingerprint density at radius 2 is 1.62 bits per heavy atom. The third-order valence-corrected chi connectivity index (χ3v) is 6.23. The van der Waals surface area contributed by atoms with Crippen LogP contribution >= 0.6 is 0 Å². The molecule has 29 heavy (non-hydrogen) atoms. The first kappa shape index (κ1) is 17.9. The molecule has 3 nitrogen and oxygen atoms in total. The maximum atomic E-state index is 12.9. The number of carbonyl (C=O) groups excluding carboxylic acids is 1. The number of fused-ring (bicyclic) bond motifs is 2. The van der Waals surface area contributed by atoms with E-state index in [4.69, 9.17) is 0 Å². The molecular weight excluding hydrogens is 358 g/mol. The Hall–Kier alpha value is -3.20. The Morgan fingerprint density at radius 3 is 2.48 bits per heavy atom. The zero-order valence-corrected chi connectivity index (χ0v) is 16.3. The summed E-state index contributed by atoms with van der Waals surface area (Å²) in [4.78, 5) is 27.6. The van der Waals surface area contributed by atoms with Crippen molar-refractivity contribution in [1.29, 1.82) is 0 Å². The molecule has 1 fully saturated rings. The van der Waals surface area contributed by atoms with Crippen LogP contribution in [0.5, 0.6) is 0 Å². The van der Waals surface area contributed by atoms with Crippen molar-refractivity contribution in [3.05, 3.63) is 82.8 Å². The third kappa shape index (κ3) is 3.27. The Bertz CT molecular complexity index is 1280. The molecule has 1 aliphatic carbocycles. The van der Waals surface area contributed by atoms with Crippen molar-refractivity contribution in [2.75, 3.05) is 0 Å². The number of benzene rings is 3. The largest absolute Gasteiger partial charge is 0.329 e. The number of nitrogens with one attached hydrogen (secondary N) is 1. The van der Waals surface area contributed by atoms with E-state index >= 15 is 0 Å². The van der Waals surface area contributed by atoms with Crippen molar-refractivity contribution in [3.8, 4) is 11.1 Å². The Labute approximate surface area is 169 Å². The summed E-state index contributed by atoms with van der Waals surface area (Å²) >= 11 is 0. The van der Waals surface area contributed by atoms with Gasteiger partial charge in [0.25, 0.3) is 5.56 Å². The van der Waals surface area contributed by atoms with Gasteiger partial charge in [0.05, 0.1) is 0 Å². The summed E-state index contributed by atoms with van der Waals surface area (Å²) in [6.07, 6.45) is 7.31. The number of rotatable bonds is 3. The van der Waals surface area contributed by atoms with Gasteiger partial charge in [-0.3, -0.25) is 9.59 Å². The molecule has 3 aromatic carbocycles. The van der Waals surface area contributed by atoms with Crippen molar-refractivity contribution < 1.29 is 4.79 Å². The van der Waals surface area contributed by atoms with Gasteiger partial charge in [0.15, 0.2) is 5.78 Å². The molecular formula is C26H23NO2. The van der Waals surface area contributed by atoms with Crippen LogP contribution in [0.25, 0.3) is 32.7 Å². The van der Waals surface area contributed by atoms with Gasteiger partial charge in [0, 0.05) is 23.1 Å². The molecule has 1 N–H and O–H groups in total. The molecule has 0 radical (unpaired) electrons. The van der Waals surface area contributed by atoms with E-state index in [9.17, 15) is 9.59 Å². The lowest BCUT2D eigenvalue weighted by atomic mass is 9.83. The number of hydrogen-bond acceptors (Lipinski definition) is 2. The van der Waals surface area contributed by atoms with E-state index < -0.39 is 0 Å². The first-order valence-electron chi connectivity index (χ1n) is 10.4. The van der Waals surface area contributed by atoms with Crippen LogP contribution in [0.1, 0.15) is 42.5 Å². The molecule has 4 aromatic rings. The number of carbonyl (C=O) groups is 1. The van der Waals surface area contributed by atoms with E-state index in [0.29, 0.717) is 11.2 Å². The third-order valence-electron chi connectivity index (χ3n) is 6.23. The molecule has 0 amide bonds. The summed E-state index contributed by atoms with van der Waals surface area (Å²) in [5.74, 6) is 0.477. The van der Waals surface area contributed by atoms with Crippen molar-refractivity contribution in [3.63, 3.8) is 0 Å². The van der Waals surface area contributed by atoms with Crippen LogP contribution in [0.3, 0.4) is 0 Å². The normalized spacial score (nSPS) is 15.0. The van der Waals surface area contributed by atoms with Crippen LogP contribution < -0.4 is 5.56 Å². The van der Waals surface area contributed by atoms with Gasteiger partial charge in [-0.1, -0.05) is 55.7 Å². The SMILES string of the molecule is O=C(c1ccc2c(-c3ccc4c(=O)[nH]ccc4c3)cccc2c1)C1CCCCC1. The summed E-state index contributed by atoms with van der Waals surface area (Å²) in [5, 5.41) is 3.82. The topological polar surface area (TPSA) is 49.9 Å². The van der Waals surface area contributed by atoms with Crippen LogP contribution in [0.4, 0.5) is 0 Å². The minimum Gasteiger partial charge on any atom is -0.329 e. The first-order chi connectivity index (χ1) is 14.2. The second kappa shape index (κ2) is 7.32. The van der Waals surface area contributed by atoms with Crippen LogP contribution in [0, 0.1) is 5.92 Å². The van der Waals surface area contributed by atoms with Crippen LogP contribution in [0.2, 0.25) is 0 Å². The van der Waals surface area contributed by atoms with Gasteiger partial charge in [0.1, 0.15) is 0 Å². The molecule has 0 unspecified atom stereocenters. The highest BCUT2D eigenvalue weighted by atomic mass is 16.1. The van der Waals surface area contributed by atoms with E-state index in [0.717, 1.165) is 45.7 Å². The smallest absolute Gasteiger partial charge is 0.255 e. The average molecular weight is 381 g/mol. The zero-order valence-electron chi connectivity index (χ0n) is 16.3. The van der Waals surface area contributed by atoms with Crippen molar-refractivity contribution in [2.45, 2.75) is 32.1 Å². The molecule has 0 bridgehead atoms. The second-order valence-corrected chi connectivity index (χ2v) is 8.05. The van der Waals surface area contributed by atoms with Crippen LogP contribution in [0.15, 0.2) is 71.7 Å². The van der Waals surface area contributed by atoms with Crippen molar-refractivity contribution in [1.82, 2.24) is 4.98 Å². The van der Waals surface area contributed by atoms with E-state index in [-0.39, 0.29) is 11.5 Å². The molecule has 1 heterocycles. The lowest BCUT2D eigenvalue weighted by molar-refractivity contribution is 0.0889. The molecule has 144 valence electrons. The first-order valence-corrected chi connectivity index (χ1v) is 10.4. The molecule has 1 aromatic heterocycles. The van der Waals surface area contributed by atoms with Gasteiger partial charge >= 0.3 is 0 Å². The molecule has 0 atom stereocenters. The quantitative estimate of drug-likeness (QED) is 0.435. The molecule has 1 aliphatic rings. The number of Topliss-reactive ketones (excluding diaryl/α,β-unsaturated/α-hetero) is 1. The molecule has 5 rings (SSSR count). The Balaban J connectivity index is 1.57. The van der Waals surface area contributed by atoms with Gasteiger partial charge in [-0.2, -0.15) is 0 Å². The predicted octanol–water partition coefficient (Wildman–Crippen LogP) is 6.11. The fraction of sp³-hybridized carbons (Fsp3) is 0.231. The summed E-state index contributed by atoms with van der Waals surface area (Å²) in [7, 11) is 0. The van der Waals surface area contributed by atoms with E-state index in [2.05, 4.69) is 29.2 Å². The number of ketones is 1. The standard InChI is InChI=1S/C26H23NO2/c28-25(17-5-2-1-3-6-17)21-10-11-23-18(16-21)7-4-8-22(23)19-9-12-24-20(15-19)13-14-27-26(24)29/h4,7-17H,1-3,5-6H2,(H,27,29). The minimum absolute atomic E-state index is 0.0714. The molecule has 0 saturated heterocycles. The second-order valence-electron chi connectivity index (χ2n) is 8.05. The number of aromatic amines is 1. The summed E-state index contributed by atoms with van der Waals surface area (Å²) in [6.45, 7) is 0. The summed E-state index contributed by atoms with van der Waals surface area (Å²) < 4.78 is 0. The van der Waals surface area contributed by atoms with Crippen LogP contribution in [-0.4, -0.2) is 10.8 Å². The molecule has 3 heteroatoms. The summed E-state index contributed by atoms with van der Waals surface area (Å²) in [6, 6.07) is 20.2. The molecule has 0 spiro atoms.